The number of aliphatic hydroxyl groups is 1. The normalized spacial score (nSPS) is 33.1. The van der Waals surface area contributed by atoms with E-state index in [0.29, 0.717) is 17.4 Å². The average Bonchev–Trinajstić information content (AvgIpc) is 2.51. The first kappa shape index (κ1) is 10.3. The number of aliphatic hydroxyl groups excluding tert-OH is 1. The minimum Gasteiger partial charge on any atom is -0.393 e. The van der Waals surface area contributed by atoms with E-state index in [4.69, 9.17) is 11.6 Å². The third-order valence-electron chi connectivity index (χ3n) is 3.58. The Kier molecular flexibility index (Phi) is 2.48. The van der Waals surface area contributed by atoms with Crippen LogP contribution in [0.2, 0.25) is 5.28 Å². The number of anilines is 1. The first-order chi connectivity index (χ1) is 7.74. The number of fused-ring (bicyclic) bond motifs is 2. The fourth-order valence-corrected chi connectivity index (χ4v) is 3.14. The van der Waals surface area contributed by atoms with E-state index in [0.717, 1.165) is 31.5 Å². The zero-order valence-electron chi connectivity index (χ0n) is 8.88. The SMILES string of the molecule is OC1CC2CCC(C1)N2c1ccnc(Cl)n1. The van der Waals surface area contributed by atoms with Crippen LogP contribution in [0.4, 0.5) is 5.82 Å². The highest BCUT2D eigenvalue weighted by Gasteiger charge is 2.40. The standard InChI is InChI=1S/C11H14ClN3O/c12-11-13-4-3-10(14-11)15-7-1-2-8(15)6-9(16)5-7/h3-4,7-9,16H,1-2,5-6H2. The molecule has 2 aliphatic heterocycles. The van der Waals surface area contributed by atoms with Crippen molar-refractivity contribution in [1.29, 1.82) is 0 Å². The van der Waals surface area contributed by atoms with Crippen molar-refractivity contribution in [3.63, 3.8) is 0 Å². The Hall–Kier alpha value is -0.870. The topological polar surface area (TPSA) is 49.2 Å². The zero-order chi connectivity index (χ0) is 11.1. The van der Waals surface area contributed by atoms with Crippen LogP contribution >= 0.6 is 11.6 Å². The number of aromatic nitrogens is 2. The second kappa shape index (κ2) is 3.86. The van der Waals surface area contributed by atoms with Gasteiger partial charge in [0.05, 0.1) is 6.10 Å². The molecule has 0 amide bonds. The quantitative estimate of drug-likeness (QED) is 0.757. The molecule has 2 atom stereocenters. The molecule has 0 radical (unpaired) electrons. The maximum atomic E-state index is 9.72. The fraction of sp³-hybridized carbons (Fsp3) is 0.636. The van der Waals surface area contributed by atoms with E-state index in [1.807, 2.05) is 6.07 Å². The van der Waals surface area contributed by atoms with Crippen LogP contribution in [0, 0.1) is 0 Å². The van der Waals surface area contributed by atoms with E-state index in [-0.39, 0.29) is 6.10 Å². The molecular formula is C11H14ClN3O. The summed E-state index contributed by atoms with van der Waals surface area (Å²) >= 11 is 5.81. The van der Waals surface area contributed by atoms with Gasteiger partial charge in [0.1, 0.15) is 5.82 Å². The number of nitrogens with zero attached hydrogens (tertiary/aromatic N) is 3. The molecule has 4 nitrogen and oxygen atoms in total. The van der Waals surface area contributed by atoms with Gasteiger partial charge in [-0.3, -0.25) is 0 Å². The van der Waals surface area contributed by atoms with Gasteiger partial charge in [0, 0.05) is 18.3 Å². The Balaban J connectivity index is 1.91. The Morgan fingerprint density at radius 3 is 2.62 bits per heavy atom. The second-order valence-electron chi connectivity index (χ2n) is 4.60. The fourth-order valence-electron chi connectivity index (χ4n) is 2.99. The highest BCUT2D eigenvalue weighted by molar-refractivity contribution is 6.28. The van der Waals surface area contributed by atoms with Crippen LogP contribution in [0.1, 0.15) is 25.7 Å². The summed E-state index contributed by atoms with van der Waals surface area (Å²) in [4.78, 5) is 10.5. The van der Waals surface area contributed by atoms with Gasteiger partial charge in [-0.15, -0.1) is 0 Å². The van der Waals surface area contributed by atoms with Crippen molar-refractivity contribution in [3.05, 3.63) is 17.5 Å². The summed E-state index contributed by atoms with van der Waals surface area (Å²) in [6.45, 7) is 0. The molecule has 3 heterocycles. The second-order valence-corrected chi connectivity index (χ2v) is 4.94. The van der Waals surface area contributed by atoms with E-state index >= 15 is 0 Å². The number of hydrogen-bond donors (Lipinski definition) is 1. The van der Waals surface area contributed by atoms with E-state index in [2.05, 4.69) is 14.9 Å². The van der Waals surface area contributed by atoms with Crippen molar-refractivity contribution in [2.24, 2.45) is 0 Å². The van der Waals surface area contributed by atoms with Gasteiger partial charge in [0.15, 0.2) is 0 Å². The first-order valence-corrected chi connectivity index (χ1v) is 6.07. The van der Waals surface area contributed by atoms with Crippen LogP contribution in [0.3, 0.4) is 0 Å². The molecule has 0 saturated carbocycles. The maximum absolute atomic E-state index is 9.72. The van der Waals surface area contributed by atoms with Crippen molar-refractivity contribution < 1.29 is 5.11 Å². The molecular weight excluding hydrogens is 226 g/mol. The highest BCUT2D eigenvalue weighted by Crippen LogP contribution is 2.38. The molecule has 0 aliphatic carbocycles. The minimum atomic E-state index is -0.147. The predicted octanol–water partition coefficient (Wildman–Crippen LogP) is 1.62. The molecule has 1 aromatic rings. The summed E-state index contributed by atoms with van der Waals surface area (Å²) in [7, 11) is 0. The smallest absolute Gasteiger partial charge is 0.224 e. The summed E-state index contributed by atoms with van der Waals surface area (Å²) in [6, 6.07) is 2.73. The molecule has 1 N–H and O–H groups in total. The van der Waals surface area contributed by atoms with Gasteiger partial charge in [-0.05, 0) is 43.4 Å². The third kappa shape index (κ3) is 1.66. The Bertz CT molecular complexity index is 387. The molecule has 0 spiro atoms. The third-order valence-corrected chi connectivity index (χ3v) is 3.77. The molecule has 2 fully saturated rings. The van der Waals surface area contributed by atoms with E-state index in [1.54, 1.807) is 6.20 Å². The van der Waals surface area contributed by atoms with Crippen molar-refractivity contribution in [2.45, 2.75) is 43.9 Å². The van der Waals surface area contributed by atoms with Crippen LogP contribution in [0.5, 0.6) is 0 Å². The van der Waals surface area contributed by atoms with Gasteiger partial charge in [-0.2, -0.15) is 0 Å². The van der Waals surface area contributed by atoms with Gasteiger partial charge in [0.2, 0.25) is 5.28 Å². The van der Waals surface area contributed by atoms with Gasteiger partial charge >= 0.3 is 0 Å². The Labute approximate surface area is 99.3 Å². The average molecular weight is 240 g/mol. The lowest BCUT2D eigenvalue weighted by Gasteiger charge is -2.37. The summed E-state index contributed by atoms with van der Waals surface area (Å²) in [5.74, 6) is 0.902. The summed E-state index contributed by atoms with van der Waals surface area (Å²) in [6.07, 6.45) is 5.52. The van der Waals surface area contributed by atoms with Gasteiger partial charge < -0.3 is 10.0 Å². The van der Waals surface area contributed by atoms with E-state index < -0.39 is 0 Å². The largest absolute Gasteiger partial charge is 0.393 e. The number of hydrogen-bond acceptors (Lipinski definition) is 4. The van der Waals surface area contributed by atoms with Crippen LogP contribution in [-0.4, -0.2) is 33.3 Å². The monoisotopic (exact) mass is 239 g/mol. The predicted molar refractivity (Wildman–Crippen MR) is 61.6 cm³/mol. The first-order valence-electron chi connectivity index (χ1n) is 5.69. The van der Waals surface area contributed by atoms with Crippen molar-refractivity contribution >= 4 is 17.4 Å². The molecule has 5 heteroatoms. The summed E-state index contributed by atoms with van der Waals surface area (Å²) in [5.41, 5.74) is 0. The summed E-state index contributed by atoms with van der Waals surface area (Å²) < 4.78 is 0. The molecule has 2 unspecified atom stereocenters. The summed E-state index contributed by atoms with van der Waals surface area (Å²) in [5, 5.41) is 10.0. The van der Waals surface area contributed by atoms with Crippen LogP contribution in [0.25, 0.3) is 0 Å². The molecule has 2 bridgehead atoms. The lowest BCUT2D eigenvalue weighted by atomic mass is 10.00. The lowest BCUT2D eigenvalue weighted by molar-refractivity contribution is 0.126. The number of piperidine rings is 1. The highest BCUT2D eigenvalue weighted by atomic mass is 35.5. The maximum Gasteiger partial charge on any atom is 0.224 e. The number of rotatable bonds is 1. The zero-order valence-corrected chi connectivity index (χ0v) is 9.64. The van der Waals surface area contributed by atoms with Crippen molar-refractivity contribution in [3.8, 4) is 0 Å². The van der Waals surface area contributed by atoms with Crippen LogP contribution < -0.4 is 4.90 Å². The Morgan fingerprint density at radius 1 is 1.31 bits per heavy atom. The van der Waals surface area contributed by atoms with Crippen LogP contribution in [-0.2, 0) is 0 Å². The van der Waals surface area contributed by atoms with E-state index in [1.165, 1.54) is 0 Å². The van der Waals surface area contributed by atoms with Gasteiger partial charge in [0.25, 0.3) is 0 Å². The molecule has 16 heavy (non-hydrogen) atoms. The molecule has 2 saturated heterocycles. The molecule has 86 valence electrons. The van der Waals surface area contributed by atoms with Crippen LogP contribution in [0.15, 0.2) is 12.3 Å². The molecule has 1 aromatic heterocycles. The van der Waals surface area contributed by atoms with Crippen molar-refractivity contribution in [1.82, 2.24) is 9.97 Å². The van der Waals surface area contributed by atoms with Gasteiger partial charge in [-0.25, -0.2) is 9.97 Å². The van der Waals surface area contributed by atoms with Gasteiger partial charge in [-0.1, -0.05) is 0 Å². The number of halogens is 1. The molecule has 2 aliphatic rings. The lowest BCUT2D eigenvalue weighted by Crippen LogP contribution is -2.45. The van der Waals surface area contributed by atoms with E-state index in [9.17, 15) is 5.11 Å². The Morgan fingerprint density at radius 2 is 2.00 bits per heavy atom. The molecule has 0 aromatic carbocycles. The molecule has 3 rings (SSSR count). The van der Waals surface area contributed by atoms with Crippen molar-refractivity contribution in [2.75, 3.05) is 4.90 Å². The minimum absolute atomic E-state index is 0.147.